The lowest BCUT2D eigenvalue weighted by Crippen LogP contribution is -1.95. The van der Waals surface area contributed by atoms with E-state index >= 15 is 0 Å². The number of aromatic nitrogens is 3. The van der Waals surface area contributed by atoms with Gasteiger partial charge in [-0.1, -0.05) is 36.4 Å². The average molecular weight is 385 g/mol. The number of rotatable bonds is 1. The van der Waals surface area contributed by atoms with Gasteiger partial charge in [-0.05, 0) is 41.8 Å². The third-order valence-corrected chi connectivity index (χ3v) is 6.52. The van der Waals surface area contributed by atoms with E-state index < -0.39 is 0 Å². The quantitative estimate of drug-likeness (QED) is 0.329. The van der Waals surface area contributed by atoms with Crippen molar-refractivity contribution in [3.8, 4) is 5.69 Å². The largest absolute Gasteiger partial charge is 0.447 e. The molecule has 0 amide bonds. The smallest absolute Gasteiger partial charge is 0.213 e. The first-order valence-corrected chi connectivity index (χ1v) is 10.1. The van der Waals surface area contributed by atoms with Gasteiger partial charge >= 0.3 is 0 Å². The Balaban J connectivity index is 1.79. The van der Waals surface area contributed by atoms with Gasteiger partial charge in [0.1, 0.15) is 5.65 Å². The van der Waals surface area contributed by atoms with Gasteiger partial charge in [0.15, 0.2) is 0 Å². The molecule has 0 aliphatic rings. The number of H-pyrrole nitrogens is 1. The molecule has 0 aliphatic carbocycles. The molecule has 5 aromatic heterocycles. The summed E-state index contributed by atoms with van der Waals surface area (Å²) in [6.45, 7) is 0. The summed E-state index contributed by atoms with van der Waals surface area (Å²) in [4.78, 5) is 3.63. The molecule has 8 rings (SSSR count). The van der Waals surface area contributed by atoms with Crippen LogP contribution in [0.1, 0.15) is 0 Å². The summed E-state index contributed by atoms with van der Waals surface area (Å²) in [7, 11) is 0. The predicted octanol–water partition coefficient (Wildman–Crippen LogP) is 6.85. The summed E-state index contributed by atoms with van der Waals surface area (Å²) in [5.74, 6) is 0. The summed E-state index contributed by atoms with van der Waals surface area (Å²) in [5, 5.41) is 7.34. The number of benzene rings is 3. The van der Waals surface area contributed by atoms with Gasteiger partial charge in [-0.2, -0.15) is 0 Å². The lowest BCUT2D eigenvalue weighted by Gasteiger charge is -2.05. The van der Waals surface area contributed by atoms with Crippen LogP contribution in [0.2, 0.25) is 0 Å². The van der Waals surface area contributed by atoms with Crippen LogP contribution < -0.4 is 0 Å². The Kier molecular flexibility index (Phi) is 2.39. The summed E-state index contributed by atoms with van der Waals surface area (Å²) >= 11 is 0. The molecule has 3 aromatic carbocycles. The van der Waals surface area contributed by atoms with Crippen LogP contribution in [0, 0.1) is 0 Å². The summed E-state index contributed by atoms with van der Waals surface area (Å²) in [6.07, 6.45) is 3.95. The van der Waals surface area contributed by atoms with Crippen LogP contribution in [0.25, 0.3) is 65.9 Å². The lowest BCUT2D eigenvalue weighted by atomic mass is 10.1. The van der Waals surface area contributed by atoms with Crippen LogP contribution in [-0.4, -0.2) is 14.0 Å². The second kappa shape index (κ2) is 4.86. The molecule has 5 heterocycles. The SMILES string of the molecule is c1ccc(-n2ccc3c4ccc5[nH]c6cccc7c8ccoc8n(c4c5c67)c32)cc1. The van der Waals surface area contributed by atoms with Crippen molar-refractivity contribution in [2.45, 2.75) is 0 Å². The normalized spacial score (nSPS) is 12.7. The van der Waals surface area contributed by atoms with E-state index in [1.807, 2.05) is 0 Å². The van der Waals surface area contributed by atoms with Gasteiger partial charge in [-0.15, -0.1) is 0 Å². The molecule has 8 aromatic rings. The third kappa shape index (κ3) is 1.54. The van der Waals surface area contributed by atoms with Crippen molar-refractivity contribution in [2.24, 2.45) is 0 Å². The summed E-state index contributed by atoms with van der Waals surface area (Å²) in [6, 6.07) is 25.7. The fraction of sp³-hybridized carbons (Fsp3) is 0. The lowest BCUT2D eigenvalue weighted by molar-refractivity contribution is 0.600. The zero-order chi connectivity index (χ0) is 19.4. The van der Waals surface area contributed by atoms with Gasteiger partial charge in [0.2, 0.25) is 5.71 Å². The molecular weight excluding hydrogens is 370 g/mol. The molecule has 4 heteroatoms. The molecular formula is C26H15N3O. The molecule has 0 saturated carbocycles. The minimum Gasteiger partial charge on any atom is -0.447 e. The van der Waals surface area contributed by atoms with Gasteiger partial charge in [-0.3, -0.25) is 4.40 Å². The number of aromatic amines is 1. The van der Waals surface area contributed by atoms with Crippen molar-refractivity contribution >= 4 is 60.2 Å². The Morgan fingerprint density at radius 2 is 1.57 bits per heavy atom. The highest BCUT2D eigenvalue weighted by Gasteiger charge is 2.22. The van der Waals surface area contributed by atoms with E-state index in [9.17, 15) is 0 Å². The fourth-order valence-electron chi connectivity index (χ4n) is 5.34. The van der Waals surface area contributed by atoms with Gasteiger partial charge < -0.3 is 14.0 Å². The van der Waals surface area contributed by atoms with Gasteiger partial charge in [0, 0.05) is 49.8 Å². The molecule has 0 unspecified atom stereocenters. The molecule has 30 heavy (non-hydrogen) atoms. The van der Waals surface area contributed by atoms with Gasteiger partial charge in [0.25, 0.3) is 0 Å². The fourth-order valence-corrected chi connectivity index (χ4v) is 5.34. The number of para-hydroxylation sites is 1. The van der Waals surface area contributed by atoms with E-state index in [1.54, 1.807) is 6.26 Å². The summed E-state index contributed by atoms with van der Waals surface area (Å²) < 4.78 is 10.7. The topological polar surface area (TPSA) is 38.3 Å². The molecule has 4 nitrogen and oxygen atoms in total. The molecule has 1 N–H and O–H groups in total. The van der Waals surface area contributed by atoms with Crippen LogP contribution in [0.3, 0.4) is 0 Å². The van der Waals surface area contributed by atoms with Gasteiger partial charge in [0.05, 0.1) is 11.8 Å². The molecule has 0 bridgehead atoms. The maximum absolute atomic E-state index is 6.16. The Morgan fingerprint density at radius 3 is 2.50 bits per heavy atom. The number of hydrogen-bond acceptors (Lipinski definition) is 1. The number of nitrogens with one attached hydrogen (secondary N) is 1. The molecule has 140 valence electrons. The maximum Gasteiger partial charge on any atom is 0.213 e. The molecule has 0 aliphatic heterocycles. The minimum atomic E-state index is 0.877. The Morgan fingerprint density at radius 1 is 0.667 bits per heavy atom. The highest BCUT2D eigenvalue weighted by atomic mass is 16.3. The standard InChI is InChI=1S/C26H15N3O/c1-2-5-15(6-3-1)28-13-11-18-17-9-10-21-23-22-16(7-4-8-20(22)27-21)19-12-14-30-26(19)29(24(17)23)25(18)28/h1-14,27H. The number of hydrogen-bond donors (Lipinski definition) is 1. The molecule has 0 atom stereocenters. The van der Waals surface area contributed by atoms with Crippen molar-refractivity contribution in [3.63, 3.8) is 0 Å². The highest BCUT2D eigenvalue weighted by molar-refractivity contribution is 6.32. The zero-order valence-electron chi connectivity index (χ0n) is 15.9. The van der Waals surface area contributed by atoms with E-state index in [4.69, 9.17) is 4.42 Å². The van der Waals surface area contributed by atoms with Crippen molar-refractivity contribution in [2.75, 3.05) is 0 Å². The molecule has 0 radical (unpaired) electrons. The van der Waals surface area contributed by atoms with Crippen LogP contribution in [0.15, 0.2) is 89.7 Å². The molecule has 0 fully saturated rings. The van der Waals surface area contributed by atoms with Crippen LogP contribution in [0.4, 0.5) is 0 Å². The monoisotopic (exact) mass is 385 g/mol. The van der Waals surface area contributed by atoms with Crippen molar-refractivity contribution in [1.29, 1.82) is 0 Å². The predicted molar refractivity (Wildman–Crippen MR) is 122 cm³/mol. The van der Waals surface area contributed by atoms with Gasteiger partial charge in [-0.25, -0.2) is 0 Å². The van der Waals surface area contributed by atoms with Crippen molar-refractivity contribution in [3.05, 3.63) is 85.3 Å². The minimum absolute atomic E-state index is 0.877. The first-order chi connectivity index (χ1) is 14.9. The summed E-state index contributed by atoms with van der Waals surface area (Å²) in [5.41, 5.74) is 6.66. The van der Waals surface area contributed by atoms with E-state index in [-0.39, 0.29) is 0 Å². The Labute approximate surface area is 169 Å². The number of furan rings is 1. The molecule has 0 saturated heterocycles. The number of nitrogens with zero attached hydrogens (tertiary/aromatic N) is 2. The van der Waals surface area contributed by atoms with Crippen LogP contribution in [-0.2, 0) is 0 Å². The average Bonchev–Trinajstić information content (AvgIpc) is 3.53. The van der Waals surface area contributed by atoms with E-state index in [0.717, 1.165) is 33.5 Å². The first-order valence-electron chi connectivity index (χ1n) is 10.1. The van der Waals surface area contributed by atoms with Crippen molar-refractivity contribution in [1.82, 2.24) is 14.0 Å². The first kappa shape index (κ1) is 14.8. The van der Waals surface area contributed by atoms with E-state index in [1.165, 1.54) is 32.4 Å². The van der Waals surface area contributed by atoms with E-state index in [2.05, 4.69) is 92.9 Å². The second-order valence-electron chi connectivity index (χ2n) is 7.97. The molecule has 0 spiro atoms. The van der Waals surface area contributed by atoms with Crippen LogP contribution in [0.5, 0.6) is 0 Å². The second-order valence-corrected chi connectivity index (χ2v) is 7.97. The third-order valence-electron chi connectivity index (χ3n) is 6.52. The zero-order valence-corrected chi connectivity index (χ0v) is 15.9. The number of fused-ring (bicyclic) bond motifs is 6. The highest BCUT2D eigenvalue weighted by Crippen LogP contribution is 2.43. The Hall–Kier alpha value is -4.18. The van der Waals surface area contributed by atoms with E-state index in [0.29, 0.717) is 0 Å². The van der Waals surface area contributed by atoms with Crippen LogP contribution >= 0.6 is 0 Å². The van der Waals surface area contributed by atoms with Crippen molar-refractivity contribution < 1.29 is 4.42 Å². The maximum atomic E-state index is 6.16. The Bertz CT molecular complexity index is 1890.